The van der Waals surface area contributed by atoms with E-state index in [2.05, 4.69) is 6.58 Å². The molecule has 0 fully saturated rings. The van der Waals surface area contributed by atoms with Crippen LogP contribution in [0.1, 0.15) is 32.6 Å². The molecule has 2 heteroatoms. The lowest BCUT2D eigenvalue weighted by molar-refractivity contribution is -0.107. The molecule has 0 unspecified atom stereocenters. The van der Waals surface area contributed by atoms with Gasteiger partial charge in [-0.25, -0.2) is 0 Å². The van der Waals surface area contributed by atoms with Crippen LogP contribution in [0, 0.1) is 0 Å². The first-order chi connectivity index (χ1) is 6.31. The first-order valence-electron chi connectivity index (χ1n) is 4.71. The maximum Gasteiger partial charge on any atom is 0.211 e. The molecule has 0 aromatic carbocycles. The maximum absolute atomic E-state index is 11.0. The summed E-state index contributed by atoms with van der Waals surface area (Å²) in [5.74, 6) is 0.945. The van der Waals surface area contributed by atoms with Crippen molar-refractivity contribution in [1.82, 2.24) is 0 Å². The van der Waals surface area contributed by atoms with Crippen LogP contribution in [0.15, 0.2) is 24.8 Å². The predicted octanol–water partition coefficient (Wildman–Crippen LogP) is 3.57. The Morgan fingerprint density at radius 2 is 2.15 bits per heavy atom. The fourth-order valence-electron chi connectivity index (χ4n) is 0.924. The van der Waals surface area contributed by atoms with Crippen molar-refractivity contribution >= 4 is 16.9 Å². The van der Waals surface area contributed by atoms with Crippen molar-refractivity contribution in [3.8, 4) is 0 Å². The SMILES string of the molecule is C=CCCCCCSC(=O)C=CC. The molecule has 13 heavy (non-hydrogen) atoms. The number of unbranched alkanes of at least 4 members (excludes halogenated alkanes) is 3. The smallest absolute Gasteiger partial charge is 0.211 e. The van der Waals surface area contributed by atoms with Crippen molar-refractivity contribution in [2.75, 3.05) is 5.75 Å². The Balaban J connectivity index is 3.15. The molecular weight excluding hydrogens is 180 g/mol. The van der Waals surface area contributed by atoms with Gasteiger partial charge in [0.15, 0.2) is 0 Å². The third kappa shape index (κ3) is 9.41. The van der Waals surface area contributed by atoms with Crippen LogP contribution in [0.25, 0.3) is 0 Å². The lowest BCUT2D eigenvalue weighted by Crippen LogP contribution is -1.88. The van der Waals surface area contributed by atoms with E-state index in [0.29, 0.717) is 0 Å². The van der Waals surface area contributed by atoms with Crippen molar-refractivity contribution in [3.63, 3.8) is 0 Å². The molecule has 0 bridgehead atoms. The third-order valence-corrected chi connectivity index (χ3v) is 2.51. The molecule has 0 N–H and O–H groups in total. The minimum atomic E-state index is 0.172. The molecule has 0 atom stereocenters. The molecule has 0 amide bonds. The Kier molecular flexibility index (Phi) is 9.22. The number of allylic oxidation sites excluding steroid dienone is 2. The summed E-state index contributed by atoms with van der Waals surface area (Å²) in [6, 6.07) is 0. The molecule has 0 rings (SSSR count). The summed E-state index contributed by atoms with van der Waals surface area (Å²) in [5, 5.41) is 0.172. The average molecular weight is 198 g/mol. The van der Waals surface area contributed by atoms with E-state index in [4.69, 9.17) is 0 Å². The monoisotopic (exact) mass is 198 g/mol. The fourth-order valence-corrected chi connectivity index (χ4v) is 1.71. The molecule has 0 saturated heterocycles. The quantitative estimate of drug-likeness (QED) is 0.353. The third-order valence-electron chi connectivity index (χ3n) is 1.60. The standard InChI is InChI=1S/C11H18OS/c1-3-5-6-7-8-10-13-11(12)9-4-2/h3-4,9H,1,5-8,10H2,2H3. The zero-order valence-corrected chi connectivity index (χ0v) is 9.11. The van der Waals surface area contributed by atoms with Gasteiger partial charge in [0, 0.05) is 5.75 Å². The molecule has 0 heterocycles. The van der Waals surface area contributed by atoms with Gasteiger partial charge in [0.2, 0.25) is 5.12 Å². The van der Waals surface area contributed by atoms with Gasteiger partial charge < -0.3 is 0 Å². The van der Waals surface area contributed by atoms with E-state index in [-0.39, 0.29) is 5.12 Å². The molecule has 74 valence electrons. The van der Waals surface area contributed by atoms with E-state index in [1.54, 1.807) is 12.2 Å². The molecule has 0 radical (unpaired) electrons. The molecule has 0 saturated carbocycles. The predicted molar refractivity (Wildman–Crippen MR) is 60.9 cm³/mol. The minimum absolute atomic E-state index is 0.172. The second kappa shape index (κ2) is 9.59. The number of rotatable bonds is 7. The second-order valence-corrected chi connectivity index (χ2v) is 3.90. The van der Waals surface area contributed by atoms with Gasteiger partial charge in [0.1, 0.15) is 0 Å². The van der Waals surface area contributed by atoms with Gasteiger partial charge >= 0.3 is 0 Å². The van der Waals surface area contributed by atoms with Crippen LogP contribution in [-0.4, -0.2) is 10.9 Å². The lowest BCUT2D eigenvalue weighted by atomic mass is 10.2. The van der Waals surface area contributed by atoms with Gasteiger partial charge in [-0.3, -0.25) is 4.79 Å². The summed E-state index contributed by atoms with van der Waals surface area (Å²) < 4.78 is 0. The van der Waals surface area contributed by atoms with Crippen LogP contribution in [0.3, 0.4) is 0 Å². The molecule has 0 aromatic rings. The van der Waals surface area contributed by atoms with Crippen molar-refractivity contribution in [2.24, 2.45) is 0 Å². The summed E-state index contributed by atoms with van der Waals surface area (Å²) in [7, 11) is 0. The van der Waals surface area contributed by atoms with Crippen LogP contribution < -0.4 is 0 Å². The van der Waals surface area contributed by atoms with Crippen LogP contribution in [0.5, 0.6) is 0 Å². The number of carbonyl (C=O) groups excluding carboxylic acids is 1. The Labute approximate surface area is 85.3 Å². The highest BCUT2D eigenvalue weighted by atomic mass is 32.2. The Hall–Kier alpha value is -0.500. The Bertz CT molecular complexity index is 173. The van der Waals surface area contributed by atoms with Crippen LogP contribution in [0.4, 0.5) is 0 Å². The number of carbonyl (C=O) groups is 1. The largest absolute Gasteiger partial charge is 0.282 e. The van der Waals surface area contributed by atoms with E-state index < -0.39 is 0 Å². The molecule has 0 aliphatic heterocycles. The summed E-state index contributed by atoms with van der Waals surface area (Å²) in [6.45, 7) is 5.53. The number of hydrogen-bond acceptors (Lipinski definition) is 2. The van der Waals surface area contributed by atoms with Crippen LogP contribution in [0.2, 0.25) is 0 Å². The first-order valence-corrected chi connectivity index (χ1v) is 5.70. The van der Waals surface area contributed by atoms with Gasteiger partial charge in [-0.1, -0.05) is 30.3 Å². The highest BCUT2D eigenvalue weighted by molar-refractivity contribution is 8.14. The molecule has 0 spiro atoms. The summed E-state index contributed by atoms with van der Waals surface area (Å²) in [6.07, 6.45) is 9.96. The van der Waals surface area contributed by atoms with Crippen molar-refractivity contribution in [1.29, 1.82) is 0 Å². The van der Waals surface area contributed by atoms with E-state index in [9.17, 15) is 4.79 Å². The van der Waals surface area contributed by atoms with Crippen molar-refractivity contribution in [2.45, 2.75) is 32.6 Å². The number of thioether (sulfide) groups is 1. The molecule has 0 aromatic heterocycles. The molecule has 0 aliphatic rings. The minimum Gasteiger partial charge on any atom is -0.282 e. The average Bonchev–Trinajstić information content (AvgIpc) is 2.11. The maximum atomic E-state index is 11.0. The topological polar surface area (TPSA) is 17.1 Å². The molecular formula is C11H18OS. The van der Waals surface area contributed by atoms with Crippen LogP contribution in [-0.2, 0) is 4.79 Å². The highest BCUT2D eigenvalue weighted by Crippen LogP contribution is 2.09. The summed E-state index contributed by atoms with van der Waals surface area (Å²) in [5.41, 5.74) is 0. The van der Waals surface area contributed by atoms with Gasteiger partial charge in [0.05, 0.1) is 0 Å². The second-order valence-electron chi connectivity index (χ2n) is 2.81. The summed E-state index contributed by atoms with van der Waals surface area (Å²) in [4.78, 5) is 11.0. The molecule has 0 aliphatic carbocycles. The van der Waals surface area contributed by atoms with Crippen molar-refractivity contribution < 1.29 is 4.79 Å². The van der Waals surface area contributed by atoms with Crippen molar-refractivity contribution in [3.05, 3.63) is 24.8 Å². The normalized spacial score (nSPS) is 10.5. The summed E-state index contributed by atoms with van der Waals surface area (Å²) >= 11 is 1.41. The van der Waals surface area contributed by atoms with Gasteiger partial charge in [-0.2, -0.15) is 0 Å². The van der Waals surface area contributed by atoms with Gasteiger partial charge in [-0.15, -0.1) is 6.58 Å². The van der Waals surface area contributed by atoms with E-state index in [0.717, 1.165) is 18.6 Å². The zero-order valence-electron chi connectivity index (χ0n) is 8.29. The van der Waals surface area contributed by atoms with Crippen LogP contribution >= 0.6 is 11.8 Å². The van der Waals surface area contributed by atoms with Gasteiger partial charge in [-0.05, 0) is 32.3 Å². The highest BCUT2D eigenvalue weighted by Gasteiger charge is 1.95. The molecule has 1 nitrogen and oxygen atoms in total. The lowest BCUT2D eigenvalue weighted by Gasteiger charge is -1.96. The van der Waals surface area contributed by atoms with E-state index in [1.165, 1.54) is 24.6 Å². The van der Waals surface area contributed by atoms with E-state index >= 15 is 0 Å². The first kappa shape index (κ1) is 12.5. The number of hydrogen-bond donors (Lipinski definition) is 0. The van der Waals surface area contributed by atoms with E-state index in [1.807, 2.05) is 13.0 Å². The van der Waals surface area contributed by atoms with Gasteiger partial charge in [0.25, 0.3) is 0 Å². The Morgan fingerprint density at radius 1 is 1.38 bits per heavy atom. The fraction of sp³-hybridized carbons (Fsp3) is 0.545. The zero-order chi connectivity index (χ0) is 9.94. The Morgan fingerprint density at radius 3 is 2.77 bits per heavy atom.